The van der Waals surface area contributed by atoms with E-state index in [1.54, 1.807) is 24.1 Å². The third kappa shape index (κ3) is 5.77. The minimum atomic E-state index is -0.609. The van der Waals surface area contributed by atoms with Crippen molar-refractivity contribution in [3.8, 4) is 11.6 Å². The number of rotatable bonds is 7. The van der Waals surface area contributed by atoms with E-state index < -0.39 is 11.9 Å². The molecule has 34 heavy (non-hydrogen) atoms. The van der Waals surface area contributed by atoms with Crippen LogP contribution < -0.4 is 10.1 Å². The van der Waals surface area contributed by atoms with Gasteiger partial charge >= 0.3 is 0 Å². The number of carbonyl (C=O) groups is 2. The molecule has 1 saturated heterocycles. The van der Waals surface area contributed by atoms with Gasteiger partial charge in [0, 0.05) is 57.1 Å². The summed E-state index contributed by atoms with van der Waals surface area (Å²) in [6, 6.07) is 18.4. The second kappa shape index (κ2) is 10.9. The molecule has 0 radical (unpaired) electrons. The van der Waals surface area contributed by atoms with Crippen LogP contribution in [0.4, 0.5) is 4.39 Å². The average molecular weight is 463 g/mol. The fourth-order valence-corrected chi connectivity index (χ4v) is 4.02. The van der Waals surface area contributed by atoms with Gasteiger partial charge in [-0.25, -0.2) is 9.37 Å². The molecule has 0 aliphatic carbocycles. The molecule has 1 aromatic heterocycles. The number of hydrogen-bond acceptors (Lipinski definition) is 5. The van der Waals surface area contributed by atoms with Crippen molar-refractivity contribution in [1.82, 2.24) is 20.1 Å². The van der Waals surface area contributed by atoms with E-state index in [0.29, 0.717) is 25.2 Å². The summed E-state index contributed by atoms with van der Waals surface area (Å²) in [4.78, 5) is 34.0. The third-order valence-corrected chi connectivity index (χ3v) is 5.83. The maximum absolute atomic E-state index is 13.5. The minimum absolute atomic E-state index is 0.175. The molecule has 1 atom stereocenters. The number of aromatic nitrogens is 1. The monoisotopic (exact) mass is 462 g/mol. The predicted octanol–water partition coefficient (Wildman–Crippen LogP) is 3.13. The summed E-state index contributed by atoms with van der Waals surface area (Å²) in [6.07, 6.45) is 2.34. The number of carbonyl (C=O) groups excluding carboxylic acids is 2. The summed E-state index contributed by atoms with van der Waals surface area (Å²) in [5.41, 5.74) is 1.59. The van der Waals surface area contributed by atoms with Gasteiger partial charge in [0.1, 0.15) is 17.6 Å². The van der Waals surface area contributed by atoms with Gasteiger partial charge in [-0.1, -0.05) is 36.4 Å². The molecule has 4 rings (SSSR count). The molecule has 0 bridgehead atoms. The van der Waals surface area contributed by atoms with Crippen LogP contribution >= 0.6 is 0 Å². The van der Waals surface area contributed by atoms with Gasteiger partial charge in [0.05, 0.1) is 0 Å². The number of benzene rings is 2. The first-order chi connectivity index (χ1) is 16.5. The topological polar surface area (TPSA) is 74.8 Å². The Kier molecular flexibility index (Phi) is 7.49. The predicted molar refractivity (Wildman–Crippen MR) is 126 cm³/mol. The maximum Gasteiger partial charge on any atom is 0.254 e. The van der Waals surface area contributed by atoms with Crippen LogP contribution in [0.15, 0.2) is 72.9 Å². The normalized spacial score (nSPS) is 16.2. The van der Waals surface area contributed by atoms with Gasteiger partial charge in [-0.15, -0.1) is 0 Å². The van der Waals surface area contributed by atoms with E-state index in [1.165, 1.54) is 36.0 Å². The van der Waals surface area contributed by atoms with Crippen LogP contribution in [0.3, 0.4) is 0 Å². The summed E-state index contributed by atoms with van der Waals surface area (Å²) in [5, 5.41) is 2.68. The molecule has 3 aromatic rings. The van der Waals surface area contributed by atoms with E-state index in [9.17, 15) is 14.0 Å². The number of likely N-dealkylation sites (N-methyl/N-ethyl adjacent to an activating group) is 1. The Labute approximate surface area is 198 Å². The summed E-state index contributed by atoms with van der Waals surface area (Å²) < 4.78 is 19.1. The Hall–Kier alpha value is -3.78. The van der Waals surface area contributed by atoms with Crippen molar-refractivity contribution in [2.24, 2.45) is 0 Å². The van der Waals surface area contributed by atoms with E-state index in [0.717, 1.165) is 13.0 Å². The molecule has 2 heterocycles. The van der Waals surface area contributed by atoms with Gasteiger partial charge in [0.15, 0.2) is 0 Å². The molecule has 2 amide bonds. The SMILES string of the molecule is CNC(=O)[C@@H]1CN(CCc2ccccc2)CCN1C(=O)c1ccnc(Oc2cccc(F)c2)c1. The zero-order valence-corrected chi connectivity index (χ0v) is 19.0. The maximum atomic E-state index is 13.5. The van der Waals surface area contributed by atoms with Crippen LogP contribution in [-0.2, 0) is 11.2 Å². The third-order valence-electron chi connectivity index (χ3n) is 5.83. The molecule has 0 spiro atoms. The van der Waals surface area contributed by atoms with Crippen LogP contribution in [0.5, 0.6) is 11.6 Å². The highest BCUT2D eigenvalue weighted by Gasteiger charge is 2.35. The van der Waals surface area contributed by atoms with Crippen LogP contribution in [0.1, 0.15) is 15.9 Å². The number of pyridine rings is 1. The molecular formula is C26H27FN4O3. The molecule has 1 fully saturated rings. The van der Waals surface area contributed by atoms with Crippen molar-refractivity contribution >= 4 is 11.8 Å². The van der Waals surface area contributed by atoms with E-state index in [4.69, 9.17) is 4.74 Å². The first-order valence-corrected chi connectivity index (χ1v) is 11.2. The quantitative estimate of drug-likeness (QED) is 0.584. The van der Waals surface area contributed by atoms with Crippen molar-refractivity contribution in [1.29, 1.82) is 0 Å². The number of nitrogens with one attached hydrogen (secondary N) is 1. The van der Waals surface area contributed by atoms with E-state index >= 15 is 0 Å². The van der Waals surface area contributed by atoms with Crippen LogP contribution in [0.25, 0.3) is 0 Å². The Bertz CT molecular complexity index is 1140. The number of halogens is 1. The molecule has 8 heteroatoms. The van der Waals surface area contributed by atoms with Crippen molar-refractivity contribution in [2.45, 2.75) is 12.5 Å². The molecule has 1 aliphatic heterocycles. The highest BCUT2D eigenvalue weighted by Crippen LogP contribution is 2.22. The number of amides is 2. The van der Waals surface area contributed by atoms with Crippen molar-refractivity contribution in [3.63, 3.8) is 0 Å². The lowest BCUT2D eigenvalue weighted by Gasteiger charge is -2.40. The van der Waals surface area contributed by atoms with Gasteiger partial charge in [-0.3, -0.25) is 14.5 Å². The summed E-state index contributed by atoms with van der Waals surface area (Å²) in [7, 11) is 1.57. The highest BCUT2D eigenvalue weighted by molar-refractivity contribution is 5.98. The average Bonchev–Trinajstić information content (AvgIpc) is 2.87. The summed E-state index contributed by atoms with van der Waals surface area (Å²) >= 11 is 0. The Morgan fingerprint density at radius 2 is 1.91 bits per heavy atom. The molecular weight excluding hydrogens is 435 g/mol. The first kappa shape index (κ1) is 23.4. The van der Waals surface area contributed by atoms with Crippen LogP contribution in [0, 0.1) is 5.82 Å². The van der Waals surface area contributed by atoms with Gasteiger partial charge in [0.2, 0.25) is 11.8 Å². The molecule has 176 valence electrons. The molecule has 0 saturated carbocycles. The molecule has 7 nitrogen and oxygen atoms in total. The molecule has 1 N–H and O–H groups in total. The van der Waals surface area contributed by atoms with Crippen LogP contribution in [-0.4, -0.2) is 65.9 Å². The fraction of sp³-hybridized carbons (Fsp3) is 0.269. The van der Waals surface area contributed by atoms with Gasteiger partial charge in [-0.2, -0.15) is 0 Å². The molecule has 2 aromatic carbocycles. The zero-order chi connectivity index (χ0) is 23.9. The number of hydrogen-bond donors (Lipinski definition) is 1. The van der Waals surface area contributed by atoms with Crippen molar-refractivity contribution < 1.29 is 18.7 Å². The fourth-order valence-electron chi connectivity index (χ4n) is 4.02. The van der Waals surface area contributed by atoms with Crippen LogP contribution in [0.2, 0.25) is 0 Å². The second-order valence-electron chi connectivity index (χ2n) is 8.11. The lowest BCUT2D eigenvalue weighted by atomic mass is 10.1. The van der Waals surface area contributed by atoms with Crippen molar-refractivity contribution in [3.05, 3.63) is 89.9 Å². The van der Waals surface area contributed by atoms with Gasteiger partial charge in [-0.05, 0) is 30.2 Å². The van der Waals surface area contributed by atoms with Gasteiger partial charge in [0.25, 0.3) is 5.91 Å². The summed E-state index contributed by atoms with van der Waals surface area (Å²) in [6.45, 7) is 2.36. The standard InChI is InChI=1S/C26H27FN4O3/c1-28-25(32)23-18-30(13-11-19-6-3-2-4-7-19)14-15-31(23)26(33)20-10-12-29-24(16-20)34-22-9-5-8-21(27)17-22/h2-10,12,16-17,23H,11,13-15,18H2,1H3,(H,28,32)/t23-/m0/s1. The van der Waals surface area contributed by atoms with E-state index in [-0.39, 0.29) is 23.4 Å². The lowest BCUT2D eigenvalue weighted by molar-refractivity contribution is -0.127. The van der Waals surface area contributed by atoms with Crippen molar-refractivity contribution in [2.75, 3.05) is 33.2 Å². The van der Waals surface area contributed by atoms with E-state index in [1.807, 2.05) is 18.2 Å². The number of nitrogens with zero attached hydrogens (tertiary/aromatic N) is 3. The van der Waals surface area contributed by atoms with E-state index in [2.05, 4.69) is 27.3 Å². The van der Waals surface area contributed by atoms with Gasteiger partial charge < -0.3 is 15.0 Å². The second-order valence-corrected chi connectivity index (χ2v) is 8.11. The summed E-state index contributed by atoms with van der Waals surface area (Å²) in [5.74, 6) is -0.448. The molecule has 0 unspecified atom stereocenters. The largest absolute Gasteiger partial charge is 0.439 e. The Morgan fingerprint density at radius 3 is 2.68 bits per heavy atom. The first-order valence-electron chi connectivity index (χ1n) is 11.2. The minimum Gasteiger partial charge on any atom is -0.439 e. The lowest BCUT2D eigenvalue weighted by Crippen LogP contribution is -2.60. The highest BCUT2D eigenvalue weighted by atomic mass is 19.1. The smallest absolute Gasteiger partial charge is 0.254 e. The Morgan fingerprint density at radius 1 is 1.09 bits per heavy atom. The zero-order valence-electron chi connectivity index (χ0n) is 19.0. The molecule has 1 aliphatic rings. The Balaban J connectivity index is 1.45. The number of piperazine rings is 1. The number of ether oxygens (including phenoxy) is 1.